The Morgan fingerprint density at radius 2 is 2.32 bits per heavy atom. The molecule has 0 saturated carbocycles. The number of ether oxygens (including phenoxy) is 2. The molecule has 6 heteroatoms. The molecule has 0 aliphatic carbocycles. The lowest BCUT2D eigenvalue weighted by atomic mass is 9.97. The van der Waals surface area contributed by atoms with Crippen LogP contribution in [0.3, 0.4) is 0 Å². The van der Waals surface area contributed by atoms with Crippen LogP contribution in [0.4, 0.5) is 0 Å². The van der Waals surface area contributed by atoms with Gasteiger partial charge in [-0.1, -0.05) is 18.5 Å². The van der Waals surface area contributed by atoms with Crippen molar-refractivity contribution in [3.63, 3.8) is 0 Å². The highest BCUT2D eigenvalue weighted by Gasteiger charge is 2.30. The first-order valence-electron chi connectivity index (χ1n) is 7.04. The van der Waals surface area contributed by atoms with Gasteiger partial charge in [-0.15, -0.1) is 0 Å². The van der Waals surface area contributed by atoms with Crippen molar-refractivity contribution in [1.82, 2.24) is 10.1 Å². The van der Waals surface area contributed by atoms with Gasteiger partial charge >= 0.3 is 0 Å². The van der Waals surface area contributed by atoms with Gasteiger partial charge in [0.2, 0.25) is 11.7 Å². The first-order chi connectivity index (χ1) is 9.26. The molecule has 6 nitrogen and oxygen atoms in total. The van der Waals surface area contributed by atoms with E-state index in [-0.39, 0.29) is 18.1 Å². The van der Waals surface area contributed by atoms with Gasteiger partial charge in [0.15, 0.2) is 0 Å². The van der Waals surface area contributed by atoms with Gasteiger partial charge in [-0.2, -0.15) is 4.98 Å². The molecule has 1 aliphatic rings. The monoisotopic (exact) mass is 269 g/mol. The van der Waals surface area contributed by atoms with Crippen LogP contribution in [0.25, 0.3) is 0 Å². The summed E-state index contributed by atoms with van der Waals surface area (Å²) in [4.78, 5) is 4.46. The Labute approximate surface area is 113 Å². The SMILES string of the molecule is CCCC(OCC)c1noc(C2COCCC2N)n1. The molecule has 2 heterocycles. The molecule has 3 atom stereocenters. The fourth-order valence-corrected chi connectivity index (χ4v) is 2.29. The average molecular weight is 269 g/mol. The Bertz CT molecular complexity index is 377. The van der Waals surface area contributed by atoms with Crippen molar-refractivity contribution in [2.24, 2.45) is 5.73 Å². The number of nitrogens with two attached hydrogens (primary N) is 1. The number of rotatable bonds is 6. The zero-order chi connectivity index (χ0) is 13.7. The topological polar surface area (TPSA) is 83.4 Å². The van der Waals surface area contributed by atoms with E-state index < -0.39 is 0 Å². The van der Waals surface area contributed by atoms with Crippen LogP contribution in [0.2, 0.25) is 0 Å². The van der Waals surface area contributed by atoms with E-state index in [9.17, 15) is 0 Å². The zero-order valence-corrected chi connectivity index (χ0v) is 11.7. The van der Waals surface area contributed by atoms with E-state index in [1.807, 2.05) is 6.92 Å². The maximum absolute atomic E-state index is 6.07. The first-order valence-corrected chi connectivity index (χ1v) is 7.04. The van der Waals surface area contributed by atoms with Crippen molar-refractivity contribution in [3.05, 3.63) is 11.7 Å². The van der Waals surface area contributed by atoms with E-state index >= 15 is 0 Å². The second-order valence-electron chi connectivity index (χ2n) is 4.86. The van der Waals surface area contributed by atoms with Crippen molar-refractivity contribution in [2.75, 3.05) is 19.8 Å². The van der Waals surface area contributed by atoms with Gasteiger partial charge in [-0.25, -0.2) is 0 Å². The molecular weight excluding hydrogens is 246 g/mol. The van der Waals surface area contributed by atoms with Crippen LogP contribution in [0.1, 0.15) is 56.8 Å². The summed E-state index contributed by atoms with van der Waals surface area (Å²) in [6, 6.07) is 0.0266. The molecule has 0 spiro atoms. The Morgan fingerprint density at radius 1 is 1.47 bits per heavy atom. The van der Waals surface area contributed by atoms with Crippen LogP contribution >= 0.6 is 0 Å². The van der Waals surface area contributed by atoms with Crippen molar-refractivity contribution >= 4 is 0 Å². The zero-order valence-electron chi connectivity index (χ0n) is 11.7. The van der Waals surface area contributed by atoms with Gasteiger partial charge in [0.1, 0.15) is 6.10 Å². The van der Waals surface area contributed by atoms with Crippen molar-refractivity contribution < 1.29 is 14.0 Å². The molecule has 108 valence electrons. The number of aromatic nitrogens is 2. The molecule has 19 heavy (non-hydrogen) atoms. The molecular formula is C13H23N3O3. The summed E-state index contributed by atoms with van der Waals surface area (Å²) in [6.07, 6.45) is 2.64. The largest absolute Gasteiger partial charge is 0.381 e. The number of nitrogens with zero attached hydrogens (tertiary/aromatic N) is 2. The molecule has 0 aromatic carbocycles. The molecule has 3 unspecified atom stereocenters. The third-order valence-electron chi connectivity index (χ3n) is 3.39. The Hall–Kier alpha value is -0.980. The highest BCUT2D eigenvalue weighted by Crippen LogP contribution is 2.26. The van der Waals surface area contributed by atoms with Crippen LogP contribution in [-0.2, 0) is 9.47 Å². The third kappa shape index (κ3) is 3.52. The fourth-order valence-electron chi connectivity index (χ4n) is 2.29. The van der Waals surface area contributed by atoms with Gasteiger partial charge in [0.25, 0.3) is 0 Å². The normalized spacial score (nSPS) is 25.4. The summed E-state index contributed by atoms with van der Waals surface area (Å²) in [7, 11) is 0. The second kappa shape index (κ2) is 6.98. The van der Waals surface area contributed by atoms with Gasteiger partial charge in [0, 0.05) is 19.3 Å². The highest BCUT2D eigenvalue weighted by atomic mass is 16.5. The van der Waals surface area contributed by atoms with Crippen LogP contribution in [0, 0.1) is 0 Å². The van der Waals surface area contributed by atoms with E-state index in [1.165, 1.54) is 0 Å². The summed E-state index contributed by atoms with van der Waals surface area (Å²) >= 11 is 0. The Morgan fingerprint density at radius 3 is 3.00 bits per heavy atom. The number of hydrogen-bond donors (Lipinski definition) is 1. The minimum Gasteiger partial charge on any atom is -0.381 e. The maximum Gasteiger partial charge on any atom is 0.233 e. The quantitative estimate of drug-likeness (QED) is 0.847. The van der Waals surface area contributed by atoms with E-state index in [1.54, 1.807) is 0 Å². The maximum atomic E-state index is 6.07. The summed E-state index contributed by atoms with van der Waals surface area (Å²) in [6.45, 7) is 5.97. The van der Waals surface area contributed by atoms with E-state index in [0.717, 1.165) is 19.3 Å². The smallest absolute Gasteiger partial charge is 0.233 e. The minimum absolute atomic E-state index is 0.00102. The summed E-state index contributed by atoms with van der Waals surface area (Å²) in [5.74, 6) is 1.19. The molecule has 0 amide bonds. The summed E-state index contributed by atoms with van der Waals surface area (Å²) in [5.41, 5.74) is 6.07. The van der Waals surface area contributed by atoms with Gasteiger partial charge in [-0.05, 0) is 19.8 Å². The van der Waals surface area contributed by atoms with E-state index in [0.29, 0.717) is 31.5 Å². The molecule has 1 saturated heterocycles. The van der Waals surface area contributed by atoms with Gasteiger partial charge < -0.3 is 19.7 Å². The molecule has 0 radical (unpaired) electrons. The van der Waals surface area contributed by atoms with Gasteiger partial charge in [-0.3, -0.25) is 0 Å². The third-order valence-corrected chi connectivity index (χ3v) is 3.39. The van der Waals surface area contributed by atoms with Crippen LogP contribution in [0.5, 0.6) is 0 Å². The summed E-state index contributed by atoms with van der Waals surface area (Å²) < 4.78 is 16.4. The van der Waals surface area contributed by atoms with E-state index in [2.05, 4.69) is 17.1 Å². The second-order valence-corrected chi connectivity index (χ2v) is 4.86. The molecule has 1 aliphatic heterocycles. The first kappa shape index (κ1) is 14.4. The minimum atomic E-state index is -0.0896. The Kier molecular flexibility index (Phi) is 5.30. The molecule has 0 bridgehead atoms. The van der Waals surface area contributed by atoms with E-state index in [4.69, 9.17) is 19.7 Å². The predicted molar refractivity (Wildman–Crippen MR) is 69.7 cm³/mol. The molecule has 1 fully saturated rings. The molecule has 1 aromatic heterocycles. The lowest BCUT2D eigenvalue weighted by Gasteiger charge is -2.25. The summed E-state index contributed by atoms with van der Waals surface area (Å²) in [5, 5.41) is 4.04. The average Bonchev–Trinajstić information content (AvgIpc) is 2.88. The van der Waals surface area contributed by atoms with Gasteiger partial charge in [0.05, 0.1) is 12.5 Å². The molecule has 2 N–H and O–H groups in total. The lowest BCUT2D eigenvalue weighted by Crippen LogP contribution is -2.37. The van der Waals surface area contributed by atoms with Crippen LogP contribution in [0.15, 0.2) is 4.52 Å². The standard InChI is InChI=1S/C13H23N3O3/c1-3-5-11(18-4-2)12-15-13(19-16-12)9-8-17-7-6-10(9)14/h9-11H,3-8,14H2,1-2H3. The molecule has 1 aromatic rings. The van der Waals surface area contributed by atoms with Crippen molar-refractivity contribution in [3.8, 4) is 0 Å². The van der Waals surface area contributed by atoms with Crippen LogP contribution in [-0.4, -0.2) is 36.0 Å². The number of hydrogen-bond acceptors (Lipinski definition) is 6. The predicted octanol–water partition coefficient (Wildman–Crippen LogP) is 1.78. The molecule has 2 rings (SSSR count). The fraction of sp³-hybridized carbons (Fsp3) is 0.846. The lowest BCUT2D eigenvalue weighted by molar-refractivity contribution is 0.0477. The Balaban J connectivity index is 2.08. The van der Waals surface area contributed by atoms with Crippen molar-refractivity contribution in [1.29, 1.82) is 0 Å². The van der Waals surface area contributed by atoms with Crippen molar-refractivity contribution in [2.45, 2.75) is 51.2 Å². The van der Waals surface area contributed by atoms with Crippen LogP contribution < -0.4 is 5.73 Å². The highest BCUT2D eigenvalue weighted by molar-refractivity contribution is 5.01.